The van der Waals surface area contributed by atoms with E-state index in [1.807, 2.05) is 61.5 Å². The fourth-order valence-corrected chi connectivity index (χ4v) is 2.98. The summed E-state index contributed by atoms with van der Waals surface area (Å²) in [5.41, 5.74) is 2.83. The lowest BCUT2D eigenvalue weighted by molar-refractivity contribution is -0.130. The first-order chi connectivity index (χ1) is 14.2. The van der Waals surface area contributed by atoms with Crippen molar-refractivity contribution >= 4 is 17.6 Å². The predicted molar refractivity (Wildman–Crippen MR) is 115 cm³/mol. The molecule has 0 aliphatic rings. The molecule has 3 aromatic carbocycles. The Kier molecular flexibility index (Phi) is 7.06. The first-order valence-corrected chi connectivity index (χ1v) is 9.61. The minimum absolute atomic E-state index is 0.228. The van der Waals surface area contributed by atoms with Gasteiger partial charge in [0.15, 0.2) is 11.5 Å². The van der Waals surface area contributed by atoms with E-state index < -0.39 is 5.97 Å². The van der Waals surface area contributed by atoms with Crippen LogP contribution in [0.25, 0.3) is 11.6 Å². The van der Waals surface area contributed by atoms with Crippen molar-refractivity contribution in [1.82, 2.24) is 0 Å². The zero-order valence-electron chi connectivity index (χ0n) is 16.4. The number of hydrogen-bond donors (Lipinski definition) is 1. The summed E-state index contributed by atoms with van der Waals surface area (Å²) in [5, 5.41) is 9.62. The lowest BCUT2D eigenvalue weighted by Crippen LogP contribution is -2.04. The van der Waals surface area contributed by atoms with Crippen molar-refractivity contribution in [3.8, 4) is 11.5 Å². The quantitative estimate of drug-likeness (QED) is 0.397. The van der Waals surface area contributed by atoms with Crippen LogP contribution in [0.5, 0.6) is 11.5 Å². The molecule has 1 N–H and O–H groups in total. The molecule has 4 heteroatoms. The van der Waals surface area contributed by atoms with Gasteiger partial charge in [-0.3, -0.25) is 0 Å². The SMILES string of the molecule is CCOc1cc(/C=C(\C(=O)O)c2ccccc2)ccc1OCCc1ccccc1. The number of aliphatic carboxylic acids is 1. The summed E-state index contributed by atoms with van der Waals surface area (Å²) in [6.45, 7) is 2.93. The Balaban J connectivity index is 1.80. The van der Waals surface area contributed by atoms with Crippen LogP contribution < -0.4 is 9.47 Å². The van der Waals surface area contributed by atoms with Crippen molar-refractivity contribution < 1.29 is 19.4 Å². The standard InChI is InChI=1S/C25H24O4/c1-2-28-24-18-20(17-22(25(26)27)21-11-7-4-8-12-21)13-14-23(24)29-16-15-19-9-5-3-6-10-19/h3-14,17-18H,2,15-16H2,1H3,(H,26,27)/b22-17-. The Morgan fingerprint density at radius 1 is 0.897 bits per heavy atom. The highest BCUT2D eigenvalue weighted by atomic mass is 16.5. The van der Waals surface area contributed by atoms with Gasteiger partial charge in [-0.05, 0) is 41.8 Å². The summed E-state index contributed by atoms with van der Waals surface area (Å²) in [7, 11) is 0. The zero-order chi connectivity index (χ0) is 20.5. The molecule has 0 heterocycles. The number of hydrogen-bond acceptors (Lipinski definition) is 3. The molecule has 0 atom stereocenters. The van der Waals surface area contributed by atoms with Crippen molar-refractivity contribution in [2.75, 3.05) is 13.2 Å². The third-order valence-electron chi connectivity index (χ3n) is 4.38. The molecule has 4 nitrogen and oxygen atoms in total. The van der Waals surface area contributed by atoms with Gasteiger partial charge in [-0.2, -0.15) is 0 Å². The van der Waals surface area contributed by atoms with Crippen molar-refractivity contribution in [3.63, 3.8) is 0 Å². The van der Waals surface area contributed by atoms with Gasteiger partial charge in [0.2, 0.25) is 0 Å². The molecular formula is C25H24O4. The maximum Gasteiger partial charge on any atom is 0.336 e. The molecule has 0 unspecified atom stereocenters. The second-order valence-electron chi connectivity index (χ2n) is 6.45. The van der Waals surface area contributed by atoms with Crippen LogP contribution in [0.15, 0.2) is 78.9 Å². The van der Waals surface area contributed by atoms with E-state index >= 15 is 0 Å². The molecule has 0 bridgehead atoms. The van der Waals surface area contributed by atoms with Crippen molar-refractivity contribution in [3.05, 3.63) is 95.6 Å². The van der Waals surface area contributed by atoms with Gasteiger partial charge in [-0.1, -0.05) is 66.7 Å². The highest BCUT2D eigenvalue weighted by molar-refractivity contribution is 6.20. The molecule has 0 aromatic heterocycles. The summed E-state index contributed by atoms with van der Waals surface area (Å²) >= 11 is 0. The third-order valence-corrected chi connectivity index (χ3v) is 4.38. The van der Waals surface area contributed by atoms with Crippen LogP contribution in [0.1, 0.15) is 23.6 Å². The number of carboxylic acid groups (broad SMARTS) is 1. The number of carboxylic acids is 1. The third kappa shape index (κ3) is 5.72. The van der Waals surface area contributed by atoms with E-state index in [-0.39, 0.29) is 5.57 Å². The Morgan fingerprint density at radius 3 is 2.24 bits per heavy atom. The predicted octanol–water partition coefficient (Wildman–Crippen LogP) is 5.33. The first kappa shape index (κ1) is 20.2. The van der Waals surface area contributed by atoms with Crippen LogP contribution in [-0.4, -0.2) is 24.3 Å². The van der Waals surface area contributed by atoms with Crippen LogP contribution >= 0.6 is 0 Å². The topological polar surface area (TPSA) is 55.8 Å². The fourth-order valence-electron chi connectivity index (χ4n) is 2.98. The maximum absolute atomic E-state index is 11.7. The summed E-state index contributed by atoms with van der Waals surface area (Å²) in [5.74, 6) is 0.279. The summed E-state index contributed by atoms with van der Waals surface area (Å²) < 4.78 is 11.7. The number of carbonyl (C=O) groups is 1. The molecule has 3 aromatic rings. The van der Waals surface area contributed by atoms with Gasteiger partial charge in [0.1, 0.15) is 0 Å². The average Bonchev–Trinajstić information content (AvgIpc) is 2.75. The van der Waals surface area contributed by atoms with E-state index in [1.165, 1.54) is 5.56 Å². The second kappa shape index (κ2) is 10.1. The molecule has 148 valence electrons. The Labute approximate surface area is 171 Å². The average molecular weight is 388 g/mol. The Bertz CT molecular complexity index is 963. The van der Waals surface area contributed by atoms with Crippen molar-refractivity contribution in [2.45, 2.75) is 13.3 Å². The fraction of sp³-hybridized carbons (Fsp3) is 0.160. The summed E-state index contributed by atoms with van der Waals surface area (Å²) in [4.78, 5) is 11.7. The molecule has 0 fully saturated rings. The molecule has 29 heavy (non-hydrogen) atoms. The molecule has 3 rings (SSSR count). The second-order valence-corrected chi connectivity index (χ2v) is 6.45. The molecule has 0 spiro atoms. The lowest BCUT2D eigenvalue weighted by atomic mass is 10.0. The van der Waals surface area contributed by atoms with E-state index in [4.69, 9.17) is 9.47 Å². The Morgan fingerprint density at radius 2 is 1.59 bits per heavy atom. The van der Waals surface area contributed by atoms with Crippen LogP contribution in [0.3, 0.4) is 0 Å². The van der Waals surface area contributed by atoms with Crippen LogP contribution in [-0.2, 0) is 11.2 Å². The van der Waals surface area contributed by atoms with Crippen LogP contribution in [0.4, 0.5) is 0 Å². The van der Waals surface area contributed by atoms with Crippen molar-refractivity contribution in [2.24, 2.45) is 0 Å². The lowest BCUT2D eigenvalue weighted by Gasteiger charge is -2.13. The molecular weight excluding hydrogens is 364 g/mol. The molecule has 0 aliphatic heterocycles. The molecule has 0 saturated heterocycles. The molecule has 0 saturated carbocycles. The number of benzene rings is 3. The largest absolute Gasteiger partial charge is 0.490 e. The van der Waals surface area contributed by atoms with Crippen LogP contribution in [0, 0.1) is 0 Å². The minimum atomic E-state index is -0.975. The minimum Gasteiger partial charge on any atom is -0.490 e. The van der Waals surface area contributed by atoms with E-state index in [9.17, 15) is 9.90 Å². The molecule has 0 amide bonds. The molecule has 0 radical (unpaired) electrons. The van der Waals surface area contributed by atoms with E-state index in [1.54, 1.807) is 18.2 Å². The van der Waals surface area contributed by atoms with Gasteiger partial charge in [0.05, 0.1) is 18.8 Å². The first-order valence-electron chi connectivity index (χ1n) is 9.61. The van der Waals surface area contributed by atoms with Gasteiger partial charge in [0.25, 0.3) is 0 Å². The van der Waals surface area contributed by atoms with Crippen LogP contribution in [0.2, 0.25) is 0 Å². The van der Waals surface area contributed by atoms with Gasteiger partial charge in [-0.25, -0.2) is 4.79 Å². The summed E-state index contributed by atoms with van der Waals surface area (Å²) in [6, 6.07) is 24.7. The van der Waals surface area contributed by atoms with Gasteiger partial charge in [-0.15, -0.1) is 0 Å². The number of ether oxygens (including phenoxy) is 2. The van der Waals surface area contributed by atoms with Gasteiger partial charge >= 0.3 is 5.97 Å². The van der Waals surface area contributed by atoms with E-state index in [0.717, 1.165) is 12.0 Å². The van der Waals surface area contributed by atoms with Gasteiger partial charge in [0, 0.05) is 6.42 Å². The van der Waals surface area contributed by atoms with Gasteiger partial charge < -0.3 is 14.6 Å². The van der Waals surface area contributed by atoms with E-state index in [0.29, 0.717) is 30.3 Å². The van der Waals surface area contributed by atoms with Crippen molar-refractivity contribution in [1.29, 1.82) is 0 Å². The number of rotatable bonds is 9. The molecule has 0 aliphatic carbocycles. The smallest absolute Gasteiger partial charge is 0.336 e. The monoisotopic (exact) mass is 388 g/mol. The normalized spacial score (nSPS) is 11.1. The zero-order valence-corrected chi connectivity index (χ0v) is 16.4. The highest BCUT2D eigenvalue weighted by Gasteiger charge is 2.12. The highest BCUT2D eigenvalue weighted by Crippen LogP contribution is 2.30. The Hall–Kier alpha value is -3.53. The van der Waals surface area contributed by atoms with E-state index in [2.05, 4.69) is 12.1 Å². The summed E-state index contributed by atoms with van der Waals surface area (Å²) in [6.07, 6.45) is 2.44. The maximum atomic E-state index is 11.7.